The molecule has 5 heteroatoms. The molecule has 0 bridgehead atoms. The van der Waals surface area contributed by atoms with Gasteiger partial charge in [0.1, 0.15) is 6.10 Å². The maximum atomic E-state index is 14.7. The van der Waals surface area contributed by atoms with E-state index in [9.17, 15) is 14.4 Å². The maximum Gasteiger partial charge on any atom is 0.306 e. The smallest absolute Gasteiger partial charge is 0.306 e. The molecule has 0 aromatic rings. The Kier molecular flexibility index (Phi) is 8.14. The number of ketones is 1. The SMILES string of the molecule is CCCC(=O)N[C@]1(C)[C@@H]2CC[C@]3(C)[C@H](C(=O)C=C4[C@@H]5[C@@H](C)[C@H](C)CC[C@]5(C)CC[C@]43C)[C@@]2(C)CC[C@H]1OC(=O)CCC. The largest absolute Gasteiger partial charge is 0.460 e. The van der Waals surface area contributed by atoms with E-state index in [2.05, 4.69) is 59.9 Å². The van der Waals surface area contributed by atoms with Crippen LogP contribution in [0.1, 0.15) is 139 Å². The molecule has 5 aliphatic carbocycles. The zero-order valence-electron chi connectivity index (χ0n) is 28.2. The van der Waals surface area contributed by atoms with E-state index in [0.717, 1.165) is 38.5 Å². The highest BCUT2D eigenvalue weighted by molar-refractivity contribution is 5.95. The molecule has 0 aliphatic heterocycles. The third-order valence-electron chi connectivity index (χ3n) is 14.4. The van der Waals surface area contributed by atoms with Gasteiger partial charge >= 0.3 is 5.97 Å². The van der Waals surface area contributed by atoms with Gasteiger partial charge in [0.05, 0.1) is 5.54 Å². The van der Waals surface area contributed by atoms with Crippen molar-refractivity contribution in [3.05, 3.63) is 11.6 Å². The van der Waals surface area contributed by atoms with E-state index in [1.165, 1.54) is 24.8 Å². The summed E-state index contributed by atoms with van der Waals surface area (Å²) in [6.07, 6.45) is 12.5. The lowest BCUT2D eigenvalue weighted by Gasteiger charge is -2.71. The second-order valence-corrected chi connectivity index (χ2v) is 16.6. The van der Waals surface area contributed by atoms with Gasteiger partial charge in [0, 0.05) is 18.8 Å². The van der Waals surface area contributed by atoms with Gasteiger partial charge < -0.3 is 10.1 Å². The lowest BCUT2D eigenvalue weighted by molar-refractivity contribution is -0.202. The lowest BCUT2D eigenvalue weighted by atomic mass is 9.33. The van der Waals surface area contributed by atoms with Crippen molar-refractivity contribution in [2.75, 3.05) is 0 Å². The number of nitrogens with one attached hydrogen (secondary N) is 1. The molecule has 0 heterocycles. The average Bonchev–Trinajstić information content (AvgIpc) is 2.90. The van der Waals surface area contributed by atoms with Crippen LogP contribution in [0.15, 0.2) is 11.6 Å². The maximum absolute atomic E-state index is 14.7. The standard InChI is InChI=1S/C37H59NO4/c1-10-12-29(40)38-37(9)27-15-19-36(8)32(34(27,6)18-16-28(37)42-30(41)13-11-2)26(39)22-25-31-24(4)23(3)14-17-33(31,5)20-21-35(25,36)7/h22-24,27-28,31-32H,10-21H2,1-9H3,(H,38,40)/t23-,24+,27-,28-,31+,32-,33-,34+,35-,36-,37-/m1/s1. The Morgan fingerprint density at radius 2 is 1.60 bits per heavy atom. The van der Waals surface area contributed by atoms with E-state index in [4.69, 9.17) is 4.74 Å². The number of carbonyl (C=O) groups excluding carboxylic acids is 3. The quantitative estimate of drug-likeness (QED) is 0.321. The summed E-state index contributed by atoms with van der Waals surface area (Å²) >= 11 is 0. The highest BCUT2D eigenvalue weighted by Gasteiger charge is 2.71. The molecular weight excluding hydrogens is 522 g/mol. The fraction of sp³-hybridized carbons (Fsp3) is 0.865. The second kappa shape index (κ2) is 10.8. The summed E-state index contributed by atoms with van der Waals surface area (Å²) in [6.45, 7) is 20.8. The Bertz CT molecular complexity index is 1140. The molecule has 0 unspecified atom stereocenters. The molecule has 0 aromatic heterocycles. The summed E-state index contributed by atoms with van der Waals surface area (Å²) in [4.78, 5) is 40.7. The van der Waals surface area contributed by atoms with E-state index in [0.29, 0.717) is 42.8 Å². The molecule has 236 valence electrons. The fourth-order valence-electron chi connectivity index (χ4n) is 11.7. The third-order valence-corrected chi connectivity index (χ3v) is 14.4. The van der Waals surface area contributed by atoms with Gasteiger partial charge in [-0.1, -0.05) is 61.0 Å². The van der Waals surface area contributed by atoms with Crippen LogP contribution in [-0.2, 0) is 19.1 Å². The molecule has 1 N–H and O–H groups in total. The van der Waals surface area contributed by atoms with Gasteiger partial charge in [-0.2, -0.15) is 0 Å². The van der Waals surface area contributed by atoms with Crippen LogP contribution in [-0.4, -0.2) is 29.3 Å². The number of carbonyl (C=O) groups is 3. The molecule has 5 nitrogen and oxygen atoms in total. The molecule has 42 heavy (non-hydrogen) atoms. The minimum absolute atomic E-state index is 0.0125. The number of esters is 1. The number of amides is 1. The van der Waals surface area contributed by atoms with Crippen LogP contribution in [0.4, 0.5) is 0 Å². The number of hydrogen-bond acceptors (Lipinski definition) is 4. The van der Waals surface area contributed by atoms with E-state index in [-0.39, 0.29) is 51.5 Å². The molecular formula is C37H59NO4. The summed E-state index contributed by atoms with van der Waals surface area (Å²) in [5, 5.41) is 3.42. The Labute approximate surface area is 255 Å². The summed E-state index contributed by atoms with van der Waals surface area (Å²) in [5.41, 5.74) is 0.603. The third kappa shape index (κ3) is 4.47. The van der Waals surface area contributed by atoms with Crippen molar-refractivity contribution in [2.24, 2.45) is 51.2 Å². The molecule has 4 fully saturated rings. The molecule has 5 rings (SSSR count). The fourth-order valence-corrected chi connectivity index (χ4v) is 11.7. The molecule has 0 spiro atoms. The first kappa shape index (κ1) is 31.8. The molecule has 0 aromatic carbocycles. The predicted octanol–water partition coefficient (Wildman–Crippen LogP) is 8.20. The van der Waals surface area contributed by atoms with Crippen LogP contribution in [0.25, 0.3) is 0 Å². The Morgan fingerprint density at radius 3 is 2.26 bits per heavy atom. The zero-order chi connectivity index (χ0) is 30.9. The van der Waals surface area contributed by atoms with Crippen molar-refractivity contribution < 1.29 is 19.1 Å². The van der Waals surface area contributed by atoms with Crippen molar-refractivity contribution in [2.45, 2.75) is 151 Å². The van der Waals surface area contributed by atoms with Gasteiger partial charge in [-0.05, 0) is 123 Å². The Hall–Kier alpha value is -1.65. The van der Waals surface area contributed by atoms with Crippen LogP contribution < -0.4 is 5.32 Å². The van der Waals surface area contributed by atoms with Crippen molar-refractivity contribution in [3.8, 4) is 0 Å². The first-order valence-electron chi connectivity index (χ1n) is 17.4. The summed E-state index contributed by atoms with van der Waals surface area (Å²) in [5.74, 6) is 1.84. The number of allylic oxidation sites excluding steroid dienone is 2. The topological polar surface area (TPSA) is 72.5 Å². The molecule has 0 saturated heterocycles. The monoisotopic (exact) mass is 581 g/mol. The van der Waals surface area contributed by atoms with E-state index < -0.39 is 5.54 Å². The molecule has 5 aliphatic rings. The number of ether oxygens (including phenoxy) is 1. The van der Waals surface area contributed by atoms with E-state index in [1.807, 2.05) is 13.8 Å². The molecule has 0 radical (unpaired) electrons. The van der Waals surface area contributed by atoms with Crippen LogP contribution in [0.5, 0.6) is 0 Å². The first-order valence-corrected chi connectivity index (χ1v) is 17.4. The molecule has 4 saturated carbocycles. The van der Waals surface area contributed by atoms with Gasteiger partial charge in [-0.3, -0.25) is 14.4 Å². The number of hydrogen-bond donors (Lipinski definition) is 1. The lowest BCUT2D eigenvalue weighted by Crippen LogP contribution is -2.72. The van der Waals surface area contributed by atoms with Crippen LogP contribution in [0, 0.1) is 51.2 Å². The Balaban J connectivity index is 1.57. The van der Waals surface area contributed by atoms with Gasteiger partial charge in [-0.15, -0.1) is 0 Å². The predicted molar refractivity (Wildman–Crippen MR) is 167 cm³/mol. The first-order chi connectivity index (χ1) is 19.6. The van der Waals surface area contributed by atoms with Gasteiger partial charge in [0.15, 0.2) is 5.78 Å². The van der Waals surface area contributed by atoms with Crippen molar-refractivity contribution >= 4 is 17.7 Å². The zero-order valence-corrected chi connectivity index (χ0v) is 28.2. The van der Waals surface area contributed by atoms with Crippen molar-refractivity contribution in [1.82, 2.24) is 5.32 Å². The summed E-state index contributed by atoms with van der Waals surface area (Å²) < 4.78 is 6.16. The molecule has 11 atom stereocenters. The number of fused-ring (bicyclic) bond motifs is 7. The molecule has 1 amide bonds. The highest BCUT2D eigenvalue weighted by Crippen LogP contribution is 2.74. The second-order valence-electron chi connectivity index (χ2n) is 16.6. The normalized spacial score (nSPS) is 48.1. The van der Waals surface area contributed by atoms with Crippen LogP contribution >= 0.6 is 0 Å². The van der Waals surface area contributed by atoms with Gasteiger partial charge in [0.2, 0.25) is 5.91 Å². The summed E-state index contributed by atoms with van der Waals surface area (Å²) in [6, 6.07) is 0. The number of rotatable bonds is 6. The summed E-state index contributed by atoms with van der Waals surface area (Å²) in [7, 11) is 0. The van der Waals surface area contributed by atoms with Crippen LogP contribution in [0.3, 0.4) is 0 Å². The highest BCUT2D eigenvalue weighted by atomic mass is 16.5. The van der Waals surface area contributed by atoms with Gasteiger partial charge in [0.25, 0.3) is 0 Å². The van der Waals surface area contributed by atoms with E-state index in [1.54, 1.807) is 0 Å². The minimum atomic E-state index is -0.701. The minimum Gasteiger partial charge on any atom is -0.460 e. The van der Waals surface area contributed by atoms with Crippen molar-refractivity contribution in [3.63, 3.8) is 0 Å². The van der Waals surface area contributed by atoms with Crippen LogP contribution in [0.2, 0.25) is 0 Å². The van der Waals surface area contributed by atoms with Gasteiger partial charge in [-0.25, -0.2) is 0 Å². The van der Waals surface area contributed by atoms with Crippen molar-refractivity contribution in [1.29, 1.82) is 0 Å². The van der Waals surface area contributed by atoms with E-state index >= 15 is 0 Å². The Morgan fingerprint density at radius 1 is 0.905 bits per heavy atom. The average molecular weight is 582 g/mol.